The van der Waals surface area contributed by atoms with Crippen molar-refractivity contribution >= 4 is 22.9 Å². The van der Waals surface area contributed by atoms with E-state index in [1.807, 2.05) is 53.9 Å². The van der Waals surface area contributed by atoms with Gasteiger partial charge in [0.1, 0.15) is 11.9 Å². The predicted molar refractivity (Wildman–Crippen MR) is 103 cm³/mol. The van der Waals surface area contributed by atoms with E-state index in [4.69, 9.17) is 4.42 Å². The van der Waals surface area contributed by atoms with Crippen LogP contribution in [-0.4, -0.2) is 21.0 Å². The third-order valence-corrected chi connectivity index (χ3v) is 5.55. The Kier molecular flexibility index (Phi) is 3.79. The van der Waals surface area contributed by atoms with Gasteiger partial charge in [0.2, 0.25) is 0 Å². The van der Waals surface area contributed by atoms with Crippen molar-refractivity contribution in [2.75, 3.05) is 5.32 Å². The standard InChI is InChI=1S/C20H16N4O2S/c25-20-14-6-1-2-7-16(14)22-19(24(20)12-13-5-3-9-26-13)15-11-21-23-18(15)17-8-4-10-27-17/h1-11,19,22H,12H2,(H,21,23)/t19-/m0/s1. The second kappa shape index (κ2) is 6.44. The van der Waals surface area contributed by atoms with Crippen LogP contribution in [0.4, 0.5) is 5.69 Å². The zero-order valence-electron chi connectivity index (χ0n) is 14.3. The first-order valence-corrected chi connectivity index (χ1v) is 9.45. The lowest BCUT2D eigenvalue weighted by Gasteiger charge is -2.37. The minimum atomic E-state index is -0.353. The van der Waals surface area contributed by atoms with E-state index in [9.17, 15) is 4.79 Å². The van der Waals surface area contributed by atoms with E-state index in [0.717, 1.165) is 27.6 Å². The third-order valence-electron chi connectivity index (χ3n) is 4.66. The largest absolute Gasteiger partial charge is 0.467 e. The van der Waals surface area contributed by atoms with Crippen molar-refractivity contribution in [2.24, 2.45) is 0 Å². The van der Waals surface area contributed by atoms with Crippen molar-refractivity contribution in [3.05, 3.63) is 83.3 Å². The average molecular weight is 376 g/mol. The minimum absolute atomic E-state index is 0.0379. The smallest absolute Gasteiger partial charge is 0.258 e. The minimum Gasteiger partial charge on any atom is -0.467 e. The summed E-state index contributed by atoms with van der Waals surface area (Å²) >= 11 is 1.63. The quantitative estimate of drug-likeness (QED) is 0.550. The Morgan fingerprint density at radius 3 is 2.89 bits per heavy atom. The van der Waals surface area contributed by atoms with Crippen molar-refractivity contribution in [3.8, 4) is 10.6 Å². The molecule has 1 aliphatic rings. The lowest BCUT2D eigenvalue weighted by molar-refractivity contribution is 0.0652. The van der Waals surface area contributed by atoms with Gasteiger partial charge in [0.25, 0.3) is 5.91 Å². The summed E-state index contributed by atoms with van der Waals surface area (Å²) in [6.07, 6.45) is 3.05. The molecule has 1 atom stereocenters. The number of furan rings is 1. The Morgan fingerprint density at radius 2 is 2.07 bits per heavy atom. The highest BCUT2D eigenvalue weighted by Crippen LogP contribution is 2.38. The highest BCUT2D eigenvalue weighted by molar-refractivity contribution is 7.13. The Morgan fingerprint density at radius 1 is 1.15 bits per heavy atom. The van der Waals surface area contributed by atoms with Crippen LogP contribution in [0.5, 0.6) is 0 Å². The van der Waals surface area contributed by atoms with Gasteiger partial charge in [-0.15, -0.1) is 11.3 Å². The number of hydrogen-bond donors (Lipinski definition) is 2. The maximum Gasteiger partial charge on any atom is 0.258 e. The molecule has 0 saturated carbocycles. The third kappa shape index (κ3) is 2.72. The summed E-state index contributed by atoms with van der Waals surface area (Å²) in [7, 11) is 0. The highest BCUT2D eigenvalue weighted by atomic mass is 32.1. The lowest BCUT2D eigenvalue weighted by Crippen LogP contribution is -2.42. The van der Waals surface area contributed by atoms with Crippen LogP contribution < -0.4 is 5.32 Å². The van der Waals surface area contributed by atoms with Crippen LogP contribution in [-0.2, 0) is 6.54 Å². The number of carbonyl (C=O) groups is 1. The number of aromatic nitrogens is 2. The van der Waals surface area contributed by atoms with Crippen LogP contribution >= 0.6 is 11.3 Å². The predicted octanol–water partition coefficient (Wildman–Crippen LogP) is 4.50. The first-order valence-electron chi connectivity index (χ1n) is 8.57. The second-order valence-electron chi connectivity index (χ2n) is 6.28. The van der Waals surface area contributed by atoms with E-state index in [-0.39, 0.29) is 12.1 Å². The summed E-state index contributed by atoms with van der Waals surface area (Å²) in [6.45, 7) is 0.368. The molecule has 4 aromatic rings. The summed E-state index contributed by atoms with van der Waals surface area (Å²) in [5.74, 6) is 0.694. The first-order chi connectivity index (χ1) is 13.3. The van der Waals surface area contributed by atoms with Gasteiger partial charge in [-0.2, -0.15) is 5.10 Å². The maximum atomic E-state index is 13.3. The fourth-order valence-electron chi connectivity index (χ4n) is 3.39. The van der Waals surface area contributed by atoms with E-state index in [1.165, 1.54) is 0 Å². The fraction of sp³-hybridized carbons (Fsp3) is 0.100. The highest BCUT2D eigenvalue weighted by Gasteiger charge is 2.35. The zero-order chi connectivity index (χ0) is 18.2. The second-order valence-corrected chi connectivity index (χ2v) is 7.23. The number of benzene rings is 1. The van der Waals surface area contributed by atoms with Crippen LogP contribution in [0.3, 0.4) is 0 Å². The van der Waals surface area contributed by atoms with Gasteiger partial charge in [0.05, 0.1) is 35.1 Å². The Bertz CT molecular complexity index is 1070. The van der Waals surface area contributed by atoms with Gasteiger partial charge in [-0.25, -0.2) is 0 Å². The van der Waals surface area contributed by atoms with Crippen molar-refractivity contribution in [3.63, 3.8) is 0 Å². The number of H-pyrrole nitrogens is 1. The molecule has 6 nitrogen and oxygen atoms in total. The number of nitrogens with one attached hydrogen (secondary N) is 2. The number of nitrogens with zero attached hydrogens (tertiary/aromatic N) is 2. The summed E-state index contributed by atoms with van der Waals surface area (Å²) in [5.41, 5.74) is 3.31. The van der Waals surface area contributed by atoms with Crippen LogP contribution in [0.1, 0.15) is 27.8 Å². The molecule has 1 amide bonds. The molecule has 0 spiro atoms. The number of para-hydroxylation sites is 1. The van der Waals surface area contributed by atoms with Crippen molar-refractivity contribution in [1.29, 1.82) is 0 Å². The van der Waals surface area contributed by atoms with Crippen LogP contribution in [0.15, 0.2) is 70.8 Å². The topological polar surface area (TPSA) is 74.2 Å². The molecule has 1 aromatic carbocycles. The number of thiophene rings is 1. The van der Waals surface area contributed by atoms with Gasteiger partial charge in [-0.1, -0.05) is 18.2 Å². The number of anilines is 1. The van der Waals surface area contributed by atoms with Gasteiger partial charge in [-0.05, 0) is 35.7 Å². The molecule has 1 aliphatic heterocycles. The van der Waals surface area contributed by atoms with Crippen LogP contribution in [0.25, 0.3) is 10.6 Å². The average Bonchev–Trinajstić information content (AvgIpc) is 3.46. The van der Waals surface area contributed by atoms with E-state index in [1.54, 1.807) is 28.7 Å². The molecule has 4 heterocycles. The molecule has 0 bridgehead atoms. The Hall–Kier alpha value is -3.32. The summed E-state index contributed by atoms with van der Waals surface area (Å²) < 4.78 is 5.50. The summed E-state index contributed by atoms with van der Waals surface area (Å²) in [4.78, 5) is 16.1. The van der Waals surface area contributed by atoms with Crippen molar-refractivity contribution in [1.82, 2.24) is 15.1 Å². The van der Waals surface area contributed by atoms with E-state index in [2.05, 4.69) is 15.5 Å². The summed E-state index contributed by atoms with van der Waals surface area (Å²) in [5, 5.41) is 12.9. The van der Waals surface area contributed by atoms with Crippen LogP contribution in [0, 0.1) is 0 Å². The molecule has 134 valence electrons. The molecule has 0 fully saturated rings. The molecule has 7 heteroatoms. The van der Waals surface area contributed by atoms with Gasteiger partial charge in [-0.3, -0.25) is 9.89 Å². The Labute approximate surface area is 159 Å². The molecular formula is C20H16N4O2S. The van der Waals surface area contributed by atoms with Crippen molar-refractivity contribution < 1.29 is 9.21 Å². The van der Waals surface area contributed by atoms with Gasteiger partial charge in [0.15, 0.2) is 0 Å². The van der Waals surface area contributed by atoms with Gasteiger partial charge < -0.3 is 14.6 Å². The van der Waals surface area contributed by atoms with Crippen molar-refractivity contribution in [2.45, 2.75) is 12.7 Å². The number of carbonyl (C=O) groups excluding carboxylic acids is 1. The number of rotatable bonds is 4. The molecule has 0 saturated heterocycles. The summed E-state index contributed by atoms with van der Waals surface area (Å²) in [6, 6.07) is 15.3. The number of fused-ring (bicyclic) bond motifs is 1. The molecule has 2 N–H and O–H groups in total. The van der Waals surface area contributed by atoms with Crippen LogP contribution in [0.2, 0.25) is 0 Å². The van der Waals surface area contributed by atoms with E-state index < -0.39 is 0 Å². The van der Waals surface area contributed by atoms with E-state index in [0.29, 0.717) is 12.1 Å². The molecule has 5 rings (SSSR count). The maximum absolute atomic E-state index is 13.3. The molecule has 3 aromatic heterocycles. The normalized spacial score (nSPS) is 16.2. The zero-order valence-corrected chi connectivity index (χ0v) is 15.1. The monoisotopic (exact) mass is 376 g/mol. The molecule has 0 unspecified atom stereocenters. The van der Waals surface area contributed by atoms with Gasteiger partial charge >= 0.3 is 0 Å². The molecule has 27 heavy (non-hydrogen) atoms. The number of hydrogen-bond acceptors (Lipinski definition) is 5. The lowest BCUT2D eigenvalue weighted by atomic mass is 10.0. The number of amides is 1. The SMILES string of the molecule is O=C1c2ccccc2N[C@H](c2cn[nH]c2-c2cccs2)N1Cc1ccco1. The molecular weight excluding hydrogens is 360 g/mol. The molecule has 0 radical (unpaired) electrons. The Balaban J connectivity index is 1.61. The number of aromatic amines is 1. The fourth-order valence-corrected chi connectivity index (χ4v) is 4.14. The molecule has 0 aliphatic carbocycles. The van der Waals surface area contributed by atoms with E-state index >= 15 is 0 Å². The first kappa shape index (κ1) is 15.9. The van der Waals surface area contributed by atoms with Gasteiger partial charge in [0, 0.05) is 11.3 Å².